The second-order valence-corrected chi connectivity index (χ2v) is 10.2. The quantitative estimate of drug-likeness (QED) is 0.474. The maximum atomic E-state index is 13.1. The van der Waals surface area contributed by atoms with Gasteiger partial charge in [-0.1, -0.05) is 32.9 Å². The normalized spacial score (nSPS) is 11.8. The van der Waals surface area contributed by atoms with E-state index in [2.05, 4.69) is 5.32 Å². The van der Waals surface area contributed by atoms with Gasteiger partial charge in [0.05, 0.1) is 27.3 Å². The summed E-state index contributed by atoms with van der Waals surface area (Å²) in [6, 6.07) is 12.1. The molecule has 0 radical (unpaired) electrons. The third-order valence-corrected chi connectivity index (χ3v) is 7.79. The molecule has 1 heterocycles. The maximum absolute atomic E-state index is 13.1. The Balaban J connectivity index is 1.98. The Morgan fingerprint density at radius 3 is 2.15 bits per heavy atom. The van der Waals surface area contributed by atoms with Crippen LogP contribution in [0.25, 0.3) is 11.0 Å². The van der Waals surface area contributed by atoms with Gasteiger partial charge in [0, 0.05) is 33.7 Å². The predicted octanol–water partition coefficient (Wildman–Crippen LogP) is 2.95. The summed E-state index contributed by atoms with van der Waals surface area (Å²) in [6.45, 7) is 6.63. The highest BCUT2D eigenvalue weighted by Gasteiger charge is 2.24. The van der Waals surface area contributed by atoms with Crippen molar-refractivity contribution in [3.05, 3.63) is 52.9 Å². The lowest BCUT2D eigenvalue weighted by molar-refractivity contribution is -0.116. The van der Waals surface area contributed by atoms with Gasteiger partial charge in [-0.3, -0.25) is 13.9 Å². The number of amides is 1. The van der Waals surface area contributed by atoms with Gasteiger partial charge in [0.25, 0.3) is 0 Å². The SMILES string of the molecule is CCCn1c(=O)n(CC(=O)Nc2cc(S(=O)(=O)N(CC)CC)ccc2N(C)C)c2ccccc21. The molecule has 0 fully saturated rings. The molecule has 1 amide bonds. The summed E-state index contributed by atoms with van der Waals surface area (Å²) < 4.78 is 30.5. The summed E-state index contributed by atoms with van der Waals surface area (Å²) in [4.78, 5) is 28.0. The molecule has 3 aromatic rings. The Kier molecular flexibility index (Phi) is 7.83. The summed E-state index contributed by atoms with van der Waals surface area (Å²) in [5.74, 6) is -0.415. The molecule has 0 unspecified atom stereocenters. The number of fused-ring (bicyclic) bond motifs is 1. The molecule has 0 aliphatic heterocycles. The molecule has 0 aliphatic carbocycles. The van der Waals surface area contributed by atoms with Crippen molar-refractivity contribution < 1.29 is 13.2 Å². The van der Waals surface area contributed by atoms with Gasteiger partial charge in [-0.15, -0.1) is 0 Å². The van der Waals surface area contributed by atoms with E-state index >= 15 is 0 Å². The van der Waals surface area contributed by atoms with Crippen molar-refractivity contribution in [2.24, 2.45) is 0 Å². The fourth-order valence-electron chi connectivity index (χ4n) is 4.08. The van der Waals surface area contributed by atoms with Crippen molar-refractivity contribution in [2.45, 2.75) is 45.2 Å². The molecule has 34 heavy (non-hydrogen) atoms. The van der Waals surface area contributed by atoms with Crippen LogP contribution in [0.5, 0.6) is 0 Å². The number of nitrogens with one attached hydrogen (secondary N) is 1. The predicted molar refractivity (Wildman–Crippen MR) is 136 cm³/mol. The molecule has 0 spiro atoms. The summed E-state index contributed by atoms with van der Waals surface area (Å²) in [6.07, 6.45) is 0.792. The molecule has 0 atom stereocenters. The van der Waals surface area contributed by atoms with Gasteiger partial charge in [-0.2, -0.15) is 4.31 Å². The Morgan fingerprint density at radius 2 is 1.59 bits per heavy atom. The number of carbonyl (C=O) groups excluding carboxylic acids is 1. The first-order valence-corrected chi connectivity index (χ1v) is 12.9. The van der Waals surface area contributed by atoms with Crippen LogP contribution < -0.4 is 15.9 Å². The number of hydrogen-bond donors (Lipinski definition) is 1. The van der Waals surface area contributed by atoms with Crippen LogP contribution in [0.1, 0.15) is 27.2 Å². The van der Waals surface area contributed by atoms with E-state index in [1.807, 2.05) is 45.3 Å². The van der Waals surface area contributed by atoms with Crippen molar-refractivity contribution in [3.8, 4) is 0 Å². The summed E-state index contributed by atoms with van der Waals surface area (Å²) in [5.41, 5.74) is 2.25. The van der Waals surface area contributed by atoms with Crippen LogP contribution in [0.4, 0.5) is 11.4 Å². The number of carbonyl (C=O) groups is 1. The van der Waals surface area contributed by atoms with Crippen molar-refractivity contribution in [2.75, 3.05) is 37.4 Å². The number of aryl methyl sites for hydroxylation is 1. The van der Waals surface area contributed by atoms with Crippen LogP contribution in [-0.4, -0.2) is 54.9 Å². The highest BCUT2D eigenvalue weighted by atomic mass is 32.2. The van der Waals surface area contributed by atoms with E-state index < -0.39 is 15.9 Å². The van der Waals surface area contributed by atoms with Gasteiger partial charge in [0.1, 0.15) is 6.54 Å². The molecule has 0 saturated carbocycles. The lowest BCUT2D eigenvalue weighted by Crippen LogP contribution is -2.31. The zero-order valence-electron chi connectivity index (χ0n) is 20.4. The van der Waals surface area contributed by atoms with Crippen LogP contribution in [0, 0.1) is 0 Å². The first-order valence-electron chi connectivity index (χ1n) is 11.4. The third kappa shape index (κ3) is 4.88. The van der Waals surface area contributed by atoms with Crippen LogP contribution in [0.3, 0.4) is 0 Å². The van der Waals surface area contributed by atoms with E-state index in [-0.39, 0.29) is 17.1 Å². The molecule has 1 N–H and O–H groups in total. The summed E-state index contributed by atoms with van der Waals surface area (Å²) in [7, 11) is -0.0705. The number of benzene rings is 2. The molecule has 0 aliphatic rings. The Bertz CT molecular complexity index is 1340. The molecule has 9 nitrogen and oxygen atoms in total. The molecule has 3 rings (SSSR count). The zero-order chi connectivity index (χ0) is 25.0. The molecule has 184 valence electrons. The fourth-order valence-corrected chi connectivity index (χ4v) is 5.56. The first-order chi connectivity index (χ1) is 16.1. The Hall–Kier alpha value is -3.11. The standard InChI is InChI=1S/C24H33N5O4S/c1-6-15-28-21-11-9-10-12-22(21)29(24(28)31)17-23(30)25-19-16-18(13-14-20(19)26(4)5)34(32,33)27(7-2)8-3/h9-14,16H,6-8,15,17H2,1-5H3,(H,25,30). The van der Waals surface area contributed by atoms with Crippen molar-refractivity contribution >= 4 is 38.3 Å². The number of sulfonamides is 1. The van der Waals surface area contributed by atoms with E-state index in [1.54, 1.807) is 35.4 Å². The number of imidazole rings is 1. The smallest absolute Gasteiger partial charge is 0.329 e. The average molecular weight is 488 g/mol. The summed E-state index contributed by atoms with van der Waals surface area (Å²) in [5, 5.41) is 2.83. The molecule has 10 heteroatoms. The van der Waals surface area contributed by atoms with Gasteiger partial charge >= 0.3 is 5.69 Å². The van der Waals surface area contributed by atoms with Crippen molar-refractivity contribution in [3.63, 3.8) is 0 Å². The number of hydrogen-bond acceptors (Lipinski definition) is 5. The highest BCUT2D eigenvalue weighted by molar-refractivity contribution is 7.89. The minimum absolute atomic E-state index is 0.105. The van der Waals surface area contributed by atoms with E-state index in [4.69, 9.17) is 0 Å². The zero-order valence-corrected chi connectivity index (χ0v) is 21.2. The average Bonchev–Trinajstić information content (AvgIpc) is 3.05. The minimum atomic E-state index is -3.69. The van der Waals surface area contributed by atoms with Gasteiger partial charge in [-0.25, -0.2) is 13.2 Å². The van der Waals surface area contributed by atoms with Gasteiger partial charge in [0.15, 0.2) is 0 Å². The van der Waals surface area contributed by atoms with Crippen molar-refractivity contribution in [1.82, 2.24) is 13.4 Å². The maximum Gasteiger partial charge on any atom is 0.329 e. The second kappa shape index (κ2) is 10.4. The lowest BCUT2D eigenvalue weighted by Gasteiger charge is -2.22. The molecular formula is C24H33N5O4S. The largest absolute Gasteiger partial charge is 0.376 e. The van der Waals surface area contributed by atoms with E-state index in [0.29, 0.717) is 36.5 Å². The number of rotatable bonds is 10. The molecule has 0 bridgehead atoms. The molecule has 1 aromatic heterocycles. The molecule has 0 saturated heterocycles. The van der Waals surface area contributed by atoms with Crippen LogP contribution in [0.2, 0.25) is 0 Å². The molecule has 2 aromatic carbocycles. The van der Waals surface area contributed by atoms with Gasteiger partial charge < -0.3 is 10.2 Å². The Morgan fingerprint density at radius 1 is 0.971 bits per heavy atom. The highest BCUT2D eigenvalue weighted by Crippen LogP contribution is 2.29. The number of nitrogens with zero attached hydrogens (tertiary/aromatic N) is 4. The molecular weight excluding hydrogens is 454 g/mol. The fraction of sp³-hybridized carbons (Fsp3) is 0.417. The Labute approximate surface area is 200 Å². The lowest BCUT2D eigenvalue weighted by atomic mass is 10.2. The van der Waals surface area contributed by atoms with E-state index in [1.165, 1.54) is 14.9 Å². The van der Waals surface area contributed by atoms with Crippen molar-refractivity contribution in [1.29, 1.82) is 0 Å². The topological polar surface area (TPSA) is 96.6 Å². The van der Waals surface area contributed by atoms with Crippen LogP contribution in [-0.2, 0) is 27.9 Å². The summed E-state index contributed by atoms with van der Waals surface area (Å²) >= 11 is 0. The van der Waals surface area contributed by atoms with Crippen LogP contribution >= 0.6 is 0 Å². The number of para-hydroxylation sites is 2. The minimum Gasteiger partial charge on any atom is -0.376 e. The van der Waals surface area contributed by atoms with Gasteiger partial charge in [-0.05, 0) is 36.8 Å². The third-order valence-electron chi connectivity index (χ3n) is 5.74. The monoisotopic (exact) mass is 487 g/mol. The first kappa shape index (κ1) is 25.5. The number of aromatic nitrogens is 2. The number of anilines is 2. The van der Waals surface area contributed by atoms with Gasteiger partial charge in [0.2, 0.25) is 15.9 Å². The van der Waals surface area contributed by atoms with E-state index in [9.17, 15) is 18.0 Å². The van der Waals surface area contributed by atoms with Crippen LogP contribution in [0.15, 0.2) is 52.2 Å². The second-order valence-electron chi connectivity index (χ2n) is 8.22. The van der Waals surface area contributed by atoms with E-state index in [0.717, 1.165) is 11.9 Å².